The summed E-state index contributed by atoms with van der Waals surface area (Å²) in [5.41, 5.74) is 1.78. The Morgan fingerprint density at radius 1 is 1.03 bits per heavy atom. The standard InChI is InChI=1S/C29H27BrN4O5/c30-22-3-1-21(2-4-22)29(25(35)15-27(36)32-29)18-34-16-20-14-23(5-6-24(20)28(34)37)39-17-19-7-8-31-26(13-19)33-9-11-38-12-10-33/h1-8,13-14H,9-12,15-18H2,(H,32,36)/t29-/m0/s1. The fourth-order valence-corrected chi connectivity index (χ4v) is 5.64. The SMILES string of the molecule is O=C1CC(=O)[C@](CN2Cc3cc(OCc4ccnc(N5CCOCC5)c4)ccc3C2=O)(c2ccc(Br)cc2)N1. The molecule has 3 aliphatic rings. The number of pyridine rings is 1. The minimum Gasteiger partial charge on any atom is -0.489 e. The van der Waals surface area contributed by atoms with Gasteiger partial charge in [0, 0.05) is 35.9 Å². The van der Waals surface area contributed by atoms with Crippen molar-refractivity contribution < 1.29 is 23.9 Å². The molecule has 39 heavy (non-hydrogen) atoms. The third-order valence-corrected chi connectivity index (χ3v) is 7.95. The Labute approximate surface area is 234 Å². The summed E-state index contributed by atoms with van der Waals surface area (Å²) < 4.78 is 12.4. The lowest BCUT2D eigenvalue weighted by Crippen LogP contribution is -2.52. The monoisotopic (exact) mass is 590 g/mol. The molecular weight excluding hydrogens is 564 g/mol. The third kappa shape index (κ3) is 5.02. The van der Waals surface area contributed by atoms with E-state index < -0.39 is 5.54 Å². The molecule has 6 rings (SSSR count). The normalized spacial score (nSPS) is 20.8. The number of Topliss-reactive ketones (excluding diaryl/α,β-unsaturated/α-hetero) is 1. The van der Waals surface area contributed by atoms with Crippen molar-refractivity contribution in [3.05, 3.63) is 87.5 Å². The van der Waals surface area contributed by atoms with Crippen molar-refractivity contribution in [2.45, 2.75) is 25.1 Å². The van der Waals surface area contributed by atoms with Gasteiger partial charge in [0.25, 0.3) is 5.91 Å². The number of aromatic nitrogens is 1. The highest BCUT2D eigenvalue weighted by atomic mass is 79.9. The van der Waals surface area contributed by atoms with Gasteiger partial charge in [-0.05, 0) is 59.2 Å². The fraction of sp³-hybridized carbons (Fsp3) is 0.310. The number of carbonyl (C=O) groups excluding carboxylic acids is 3. The van der Waals surface area contributed by atoms with E-state index in [1.54, 1.807) is 35.4 Å². The molecule has 0 radical (unpaired) electrons. The van der Waals surface area contributed by atoms with E-state index in [0.717, 1.165) is 34.5 Å². The van der Waals surface area contributed by atoms with Crippen molar-refractivity contribution in [3.8, 4) is 5.75 Å². The van der Waals surface area contributed by atoms with E-state index in [0.29, 0.717) is 43.2 Å². The number of rotatable bonds is 7. The first-order valence-electron chi connectivity index (χ1n) is 12.8. The lowest BCUT2D eigenvalue weighted by molar-refractivity contribution is -0.123. The Morgan fingerprint density at radius 2 is 1.82 bits per heavy atom. The van der Waals surface area contributed by atoms with Gasteiger partial charge in [0.15, 0.2) is 5.78 Å². The van der Waals surface area contributed by atoms with Gasteiger partial charge in [-0.15, -0.1) is 0 Å². The number of ether oxygens (including phenoxy) is 2. The van der Waals surface area contributed by atoms with Crippen LogP contribution in [0.15, 0.2) is 65.3 Å². The molecule has 3 aromatic rings. The van der Waals surface area contributed by atoms with Gasteiger partial charge in [-0.2, -0.15) is 0 Å². The van der Waals surface area contributed by atoms with Crippen LogP contribution in [0.5, 0.6) is 5.75 Å². The number of amides is 2. The van der Waals surface area contributed by atoms with Crippen molar-refractivity contribution in [3.63, 3.8) is 0 Å². The van der Waals surface area contributed by atoms with Gasteiger partial charge in [0.1, 0.15) is 23.7 Å². The summed E-state index contributed by atoms with van der Waals surface area (Å²) >= 11 is 3.41. The zero-order valence-electron chi connectivity index (χ0n) is 21.2. The molecule has 2 fully saturated rings. The number of hydrogen-bond donors (Lipinski definition) is 1. The summed E-state index contributed by atoms with van der Waals surface area (Å²) in [5, 5.41) is 2.87. The summed E-state index contributed by atoms with van der Waals surface area (Å²) in [6.07, 6.45) is 1.58. The van der Waals surface area contributed by atoms with Crippen LogP contribution in [0.1, 0.15) is 33.5 Å². The first kappa shape index (κ1) is 25.5. The quantitative estimate of drug-likeness (QED) is 0.422. The molecule has 0 aliphatic carbocycles. The molecule has 0 unspecified atom stereocenters. The van der Waals surface area contributed by atoms with Gasteiger partial charge in [-0.3, -0.25) is 14.4 Å². The van der Waals surface area contributed by atoms with E-state index in [1.807, 2.05) is 30.3 Å². The van der Waals surface area contributed by atoms with Crippen molar-refractivity contribution in [1.82, 2.24) is 15.2 Å². The molecule has 9 nitrogen and oxygen atoms in total. The molecule has 3 aliphatic heterocycles. The van der Waals surface area contributed by atoms with Crippen LogP contribution in [0.3, 0.4) is 0 Å². The summed E-state index contributed by atoms with van der Waals surface area (Å²) in [7, 11) is 0. The highest BCUT2D eigenvalue weighted by molar-refractivity contribution is 9.10. The average molecular weight is 591 g/mol. The van der Waals surface area contributed by atoms with Crippen LogP contribution in [0, 0.1) is 0 Å². The number of morpholine rings is 1. The van der Waals surface area contributed by atoms with Crippen LogP contribution in [0.2, 0.25) is 0 Å². The van der Waals surface area contributed by atoms with Crippen LogP contribution >= 0.6 is 15.9 Å². The van der Waals surface area contributed by atoms with Gasteiger partial charge >= 0.3 is 0 Å². The maximum absolute atomic E-state index is 13.3. The van der Waals surface area contributed by atoms with Crippen LogP contribution in [-0.4, -0.2) is 60.3 Å². The molecule has 2 saturated heterocycles. The number of halogens is 1. The average Bonchev–Trinajstić information content (AvgIpc) is 3.42. The summed E-state index contributed by atoms with van der Waals surface area (Å²) in [6.45, 7) is 3.75. The second-order valence-electron chi connectivity index (χ2n) is 9.95. The van der Waals surface area contributed by atoms with E-state index >= 15 is 0 Å². The Kier molecular flexibility index (Phi) is 6.82. The molecule has 2 aromatic carbocycles. The zero-order valence-corrected chi connectivity index (χ0v) is 22.8. The minimum atomic E-state index is -1.27. The Balaban J connectivity index is 1.17. The topological polar surface area (TPSA) is 101 Å². The highest BCUT2D eigenvalue weighted by Crippen LogP contribution is 2.35. The Morgan fingerprint density at radius 3 is 2.56 bits per heavy atom. The van der Waals surface area contributed by atoms with Crippen LogP contribution in [0.4, 0.5) is 5.82 Å². The van der Waals surface area contributed by atoms with Gasteiger partial charge in [-0.25, -0.2) is 4.98 Å². The van der Waals surface area contributed by atoms with E-state index in [4.69, 9.17) is 9.47 Å². The molecule has 2 amide bonds. The fourth-order valence-electron chi connectivity index (χ4n) is 5.38. The number of nitrogens with one attached hydrogen (secondary N) is 1. The molecule has 0 saturated carbocycles. The summed E-state index contributed by atoms with van der Waals surface area (Å²) in [6, 6.07) is 16.6. The van der Waals surface area contributed by atoms with Crippen molar-refractivity contribution in [1.29, 1.82) is 0 Å². The maximum Gasteiger partial charge on any atom is 0.254 e. The van der Waals surface area contributed by atoms with Crippen LogP contribution < -0.4 is 15.0 Å². The number of benzene rings is 2. The predicted molar refractivity (Wildman–Crippen MR) is 146 cm³/mol. The number of nitrogens with zero attached hydrogens (tertiary/aromatic N) is 3. The van der Waals surface area contributed by atoms with Crippen molar-refractivity contribution in [2.24, 2.45) is 0 Å². The number of anilines is 1. The second kappa shape index (κ2) is 10.4. The van der Waals surface area contributed by atoms with Crippen molar-refractivity contribution in [2.75, 3.05) is 37.7 Å². The molecule has 1 aromatic heterocycles. The predicted octanol–water partition coefficient (Wildman–Crippen LogP) is 3.20. The van der Waals surface area contributed by atoms with Crippen molar-refractivity contribution >= 4 is 39.3 Å². The molecule has 0 spiro atoms. The summed E-state index contributed by atoms with van der Waals surface area (Å²) in [4.78, 5) is 47.0. The third-order valence-electron chi connectivity index (χ3n) is 7.42. The molecular formula is C29H27BrN4O5. The van der Waals surface area contributed by atoms with Crippen LogP contribution in [-0.2, 0) is 33.0 Å². The summed E-state index contributed by atoms with van der Waals surface area (Å²) in [5.74, 6) is 0.808. The van der Waals surface area contributed by atoms with E-state index in [-0.39, 0.29) is 30.6 Å². The zero-order chi connectivity index (χ0) is 27.0. The van der Waals surface area contributed by atoms with Gasteiger partial charge < -0.3 is 24.6 Å². The number of fused-ring (bicyclic) bond motifs is 1. The van der Waals surface area contributed by atoms with Gasteiger partial charge in [-0.1, -0.05) is 28.1 Å². The number of carbonyl (C=O) groups is 3. The second-order valence-corrected chi connectivity index (χ2v) is 10.9. The van der Waals surface area contributed by atoms with E-state index in [2.05, 4.69) is 31.1 Å². The lowest BCUT2D eigenvalue weighted by atomic mass is 9.86. The molecule has 0 bridgehead atoms. The molecule has 1 atom stereocenters. The molecule has 1 N–H and O–H groups in total. The number of ketones is 1. The first-order valence-corrected chi connectivity index (χ1v) is 13.6. The van der Waals surface area contributed by atoms with Crippen LogP contribution in [0.25, 0.3) is 0 Å². The smallest absolute Gasteiger partial charge is 0.254 e. The largest absolute Gasteiger partial charge is 0.489 e. The molecule has 200 valence electrons. The highest BCUT2D eigenvalue weighted by Gasteiger charge is 2.50. The lowest BCUT2D eigenvalue weighted by Gasteiger charge is -2.32. The minimum absolute atomic E-state index is 0.0598. The molecule has 10 heteroatoms. The Bertz CT molecular complexity index is 1440. The first-order chi connectivity index (χ1) is 18.9. The maximum atomic E-state index is 13.3. The van der Waals surface area contributed by atoms with Gasteiger partial charge in [0.2, 0.25) is 5.91 Å². The van der Waals surface area contributed by atoms with E-state index in [9.17, 15) is 14.4 Å². The van der Waals surface area contributed by atoms with E-state index in [1.165, 1.54) is 0 Å². The molecule has 4 heterocycles. The van der Waals surface area contributed by atoms with Gasteiger partial charge in [0.05, 0.1) is 26.2 Å². The Hall–Kier alpha value is -3.76. The number of hydrogen-bond acceptors (Lipinski definition) is 7.